The Hall–Kier alpha value is -1.81. The van der Waals surface area contributed by atoms with Crippen molar-refractivity contribution in [3.63, 3.8) is 0 Å². The normalized spacial score (nSPS) is 12.5. The third kappa shape index (κ3) is 6.45. The molecule has 21 heavy (non-hydrogen) atoms. The van der Waals surface area contributed by atoms with Crippen molar-refractivity contribution in [1.29, 1.82) is 0 Å². The van der Waals surface area contributed by atoms with Crippen LogP contribution in [0.2, 0.25) is 0 Å². The summed E-state index contributed by atoms with van der Waals surface area (Å²) in [5.74, 6) is 0.516. The van der Waals surface area contributed by atoms with E-state index in [-0.39, 0.29) is 18.0 Å². The molecule has 4 heteroatoms. The Morgan fingerprint density at radius 1 is 1.43 bits per heavy atom. The number of carbonyl (C=O) groups excluding carboxylic acids is 1. The van der Waals surface area contributed by atoms with Gasteiger partial charge in [0.15, 0.2) is 11.5 Å². The molecular weight excluding hydrogens is 268 g/mol. The zero-order valence-electron chi connectivity index (χ0n) is 12.7. The Morgan fingerprint density at radius 3 is 2.86 bits per heavy atom. The van der Waals surface area contributed by atoms with E-state index in [1.54, 1.807) is 24.3 Å². The molecule has 0 aromatic heterocycles. The molecule has 0 saturated carbocycles. The zero-order valence-corrected chi connectivity index (χ0v) is 12.7. The van der Waals surface area contributed by atoms with Gasteiger partial charge in [-0.05, 0) is 30.5 Å². The van der Waals surface area contributed by atoms with E-state index in [0.717, 1.165) is 18.4 Å². The molecular formula is C17H24O4. The molecule has 0 spiro atoms. The number of Topliss-reactive ketones (excluding diaryl/α,β-unsaturated/α-hetero) is 1. The lowest BCUT2D eigenvalue weighted by Gasteiger charge is -2.07. The average Bonchev–Trinajstić information content (AvgIpc) is 2.46. The van der Waals surface area contributed by atoms with Crippen molar-refractivity contribution >= 4 is 5.78 Å². The highest BCUT2D eigenvalue weighted by molar-refractivity contribution is 5.79. The molecule has 2 N–H and O–H groups in total. The second-order valence-electron chi connectivity index (χ2n) is 5.03. The molecule has 0 aliphatic rings. The first-order valence-corrected chi connectivity index (χ1v) is 7.29. The Balaban J connectivity index is 2.42. The number of methoxy groups -OCH3 is 1. The highest BCUT2D eigenvalue weighted by Gasteiger charge is 2.09. The maximum atomic E-state index is 11.8. The van der Waals surface area contributed by atoms with Crippen LogP contribution in [-0.4, -0.2) is 29.2 Å². The topological polar surface area (TPSA) is 66.8 Å². The van der Waals surface area contributed by atoms with E-state index in [0.29, 0.717) is 18.6 Å². The van der Waals surface area contributed by atoms with Gasteiger partial charge in [-0.2, -0.15) is 0 Å². The first-order chi connectivity index (χ1) is 10.1. The number of aromatic hydroxyl groups is 1. The first-order valence-electron chi connectivity index (χ1n) is 7.29. The molecule has 1 atom stereocenters. The van der Waals surface area contributed by atoms with Gasteiger partial charge in [-0.3, -0.25) is 4.79 Å². The summed E-state index contributed by atoms with van der Waals surface area (Å²) in [6.07, 6.45) is 5.92. The number of aliphatic hydroxyl groups is 1. The molecule has 0 fully saturated rings. The van der Waals surface area contributed by atoms with Gasteiger partial charge in [-0.1, -0.05) is 31.6 Å². The van der Waals surface area contributed by atoms with E-state index in [1.165, 1.54) is 7.11 Å². The summed E-state index contributed by atoms with van der Waals surface area (Å²) in [5, 5.41) is 19.2. The summed E-state index contributed by atoms with van der Waals surface area (Å²) in [4.78, 5) is 11.8. The van der Waals surface area contributed by atoms with Gasteiger partial charge in [0, 0.05) is 12.8 Å². The van der Waals surface area contributed by atoms with E-state index >= 15 is 0 Å². The largest absolute Gasteiger partial charge is 0.504 e. The summed E-state index contributed by atoms with van der Waals surface area (Å²) in [7, 11) is 1.49. The van der Waals surface area contributed by atoms with Gasteiger partial charge in [0.05, 0.1) is 13.2 Å². The van der Waals surface area contributed by atoms with Gasteiger partial charge in [-0.15, -0.1) is 0 Å². The van der Waals surface area contributed by atoms with E-state index in [4.69, 9.17) is 4.74 Å². The molecule has 0 aliphatic carbocycles. The lowest BCUT2D eigenvalue weighted by atomic mass is 10.0. The van der Waals surface area contributed by atoms with E-state index in [9.17, 15) is 15.0 Å². The molecule has 0 aliphatic heterocycles. The van der Waals surface area contributed by atoms with E-state index in [1.807, 2.05) is 6.08 Å². The Morgan fingerprint density at radius 2 is 2.19 bits per heavy atom. The van der Waals surface area contributed by atoms with E-state index in [2.05, 4.69) is 6.92 Å². The van der Waals surface area contributed by atoms with Crippen molar-refractivity contribution in [3.8, 4) is 11.5 Å². The van der Waals surface area contributed by atoms with Crippen LogP contribution >= 0.6 is 0 Å². The van der Waals surface area contributed by atoms with Crippen LogP contribution in [0.5, 0.6) is 11.5 Å². The predicted molar refractivity (Wildman–Crippen MR) is 82.7 cm³/mol. The number of carbonyl (C=O) groups is 1. The fraction of sp³-hybridized carbons (Fsp3) is 0.471. The van der Waals surface area contributed by atoms with Crippen molar-refractivity contribution in [2.45, 2.75) is 45.1 Å². The highest BCUT2D eigenvalue weighted by Crippen LogP contribution is 2.26. The minimum atomic E-state index is -0.696. The Kier molecular flexibility index (Phi) is 7.54. The van der Waals surface area contributed by atoms with Crippen molar-refractivity contribution < 1.29 is 19.7 Å². The maximum absolute atomic E-state index is 11.8. The number of hydrogen-bond acceptors (Lipinski definition) is 4. The number of hydrogen-bond donors (Lipinski definition) is 2. The molecule has 0 unspecified atom stereocenters. The van der Waals surface area contributed by atoms with Crippen molar-refractivity contribution in [2.24, 2.45) is 0 Å². The molecule has 0 bridgehead atoms. The minimum Gasteiger partial charge on any atom is -0.504 e. The van der Waals surface area contributed by atoms with Gasteiger partial charge in [0.1, 0.15) is 5.78 Å². The number of unbranched alkanes of at least 4 members (excludes halogenated alkanes) is 1. The van der Waals surface area contributed by atoms with Crippen LogP contribution < -0.4 is 4.74 Å². The van der Waals surface area contributed by atoms with Crippen LogP contribution in [0.15, 0.2) is 30.4 Å². The SMILES string of the molecule is CCCC=C[C@@H](O)CC(=O)CCc1ccc(O)c(OC)c1. The number of rotatable bonds is 9. The summed E-state index contributed by atoms with van der Waals surface area (Å²) in [6, 6.07) is 5.05. The molecule has 0 saturated heterocycles. The lowest BCUT2D eigenvalue weighted by Crippen LogP contribution is -2.11. The van der Waals surface area contributed by atoms with Crippen LogP contribution in [0.4, 0.5) is 0 Å². The van der Waals surface area contributed by atoms with Crippen molar-refractivity contribution in [1.82, 2.24) is 0 Å². The zero-order chi connectivity index (χ0) is 15.7. The summed E-state index contributed by atoms with van der Waals surface area (Å²) >= 11 is 0. The van der Waals surface area contributed by atoms with E-state index < -0.39 is 6.10 Å². The second kappa shape index (κ2) is 9.19. The van der Waals surface area contributed by atoms with Gasteiger partial charge < -0.3 is 14.9 Å². The standard InChI is InChI=1S/C17H24O4/c1-3-4-5-6-14(18)12-15(19)9-7-13-8-10-16(20)17(11-13)21-2/h5-6,8,10-11,14,18,20H,3-4,7,9,12H2,1-2H3/t14-/m1/s1. The molecule has 0 radical (unpaired) electrons. The first kappa shape index (κ1) is 17.2. The van der Waals surface area contributed by atoms with Crippen LogP contribution in [0.25, 0.3) is 0 Å². The number of phenols is 1. The summed E-state index contributed by atoms with van der Waals surface area (Å²) < 4.78 is 5.03. The number of ether oxygens (including phenoxy) is 1. The van der Waals surface area contributed by atoms with Crippen LogP contribution in [0.1, 0.15) is 38.2 Å². The number of allylic oxidation sites excluding steroid dienone is 1. The number of phenolic OH excluding ortho intramolecular Hbond substituents is 1. The number of ketones is 1. The highest BCUT2D eigenvalue weighted by atomic mass is 16.5. The number of aliphatic hydroxyl groups excluding tert-OH is 1. The summed E-state index contributed by atoms with van der Waals surface area (Å²) in [6.45, 7) is 2.06. The predicted octanol–water partition coefficient (Wildman–Crippen LogP) is 3.01. The summed E-state index contributed by atoms with van der Waals surface area (Å²) in [5.41, 5.74) is 0.925. The lowest BCUT2D eigenvalue weighted by molar-refractivity contribution is -0.120. The van der Waals surface area contributed by atoms with Crippen LogP contribution in [-0.2, 0) is 11.2 Å². The second-order valence-corrected chi connectivity index (χ2v) is 5.03. The van der Waals surface area contributed by atoms with Gasteiger partial charge in [0.25, 0.3) is 0 Å². The fourth-order valence-electron chi connectivity index (χ4n) is 1.98. The van der Waals surface area contributed by atoms with Crippen molar-refractivity contribution in [3.05, 3.63) is 35.9 Å². The van der Waals surface area contributed by atoms with Gasteiger partial charge in [0.2, 0.25) is 0 Å². The number of aryl methyl sites for hydroxylation is 1. The maximum Gasteiger partial charge on any atom is 0.160 e. The molecule has 4 nitrogen and oxygen atoms in total. The van der Waals surface area contributed by atoms with Crippen LogP contribution in [0, 0.1) is 0 Å². The molecule has 0 heterocycles. The third-order valence-corrected chi connectivity index (χ3v) is 3.19. The molecule has 0 amide bonds. The minimum absolute atomic E-state index is 0.0238. The molecule has 116 valence electrons. The number of benzene rings is 1. The average molecular weight is 292 g/mol. The Labute approximate surface area is 126 Å². The molecule has 1 rings (SSSR count). The smallest absolute Gasteiger partial charge is 0.160 e. The quantitative estimate of drug-likeness (QED) is 0.687. The fourth-order valence-corrected chi connectivity index (χ4v) is 1.98. The van der Waals surface area contributed by atoms with Crippen molar-refractivity contribution in [2.75, 3.05) is 7.11 Å². The molecule has 1 aromatic carbocycles. The molecule has 1 aromatic rings. The van der Waals surface area contributed by atoms with Gasteiger partial charge >= 0.3 is 0 Å². The van der Waals surface area contributed by atoms with Gasteiger partial charge in [-0.25, -0.2) is 0 Å². The monoisotopic (exact) mass is 292 g/mol. The van der Waals surface area contributed by atoms with Crippen LogP contribution in [0.3, 0.4) is 0 Å². The third-order valence-electron chi connectivity index (χ3n) is 3.19. The Bertz CT molecular complexity index is 480.